The molecule has 1 aliphatic carbocycles. The topological polar surface area (TPSA) is 102 Å². The van der Waals surface area contributed by atoms with Gasteiger partial charge in [-0.15, -0.1) is 11.3 Å². The lowest BCUT2D eigenvalue weighted by molar-refractivity contribution is -0.114. The number of aryl methyl sites for hydroxylation is 2. The SMILES string of the molecule is COc1ccc(-n2c(SCC(=O)Nc3ccc(NC(C)=O)cc3)nc3sc4c(c3c2=O)CCCC4)cc1. The number of thioether (sulfide) groups is 1. The Hall–Kier alpha value is -3.63. The van der Waals surface area contributed by atoms with E-state index in [0.717, 1.165) is 36.1 Å². The molecule has 0 atom stereocenters. The highest BCUT2D eigenvalue weighted by Crippen LogP contribution is 2.35. The van der Waals surface area contributed by atoms with Crippen LogP contribution in [-0.2, 0) is 22.4 Å². The summed E-state index contributed by atoms with van der Waals surface area (Å²) in [5, 5.41) is 6.72. The second-order valence-electron chi connectivity index (χ2n) is 8.72. The minimum absolute atomic E-state index is 0.0760. The summed E-state index contributed by atoms with van der Waals surface area (Å²) in [4.78, 5) is 44.6. The number of rotatable bonds is 7. The molecule has 5 rings (SSSR count). The number of thiophene rings is 1. The molecule has 0 aliphatic heterocycles. The predicted octanol–water partition coefficient (Wildman–Crippen LogP) is 5.02. The average molecular weight is 535 g/mol. The minimum Gasteiger partial charge on any atom is -0.497 e. The van der Waals surface area contributed by atoms with E-state index in [-0.39, 0.29) is 23.1 Å². The summed E-state index contributed by atoms with van der Waals surface area (Å²) in [5.41, 5.74) is 2.96. The van der Waals surface area contributed by atoms with E-state index in [1.807, 2.05) is 12.1 Å². The predicted molar refractivity (Wildman–Crippen MR) is 149 cm³/mol. The van der Waals surface area contributed by atoms with Gasteiger partial charge in [0.2, 0.25) is 11.8 Å². The molecule has 1 aliphatic rings. The van der Waals surface area contributed by atoms with E-state index in [1.54, 1.807) is 59.4 Å². The largest absolute Gasteiger partial charge is 0.497 e. The number of amides is 2. The van der Waals surface area contributed by atoms with E-state index in [1.165, 1.54) is 23.6 Å². The number of nitrogens with zero attached hydrogens (tertiary/aromatic N) is 2. The molecule has 0 saturated carbocycles. The number of hydrogen-bond acceptors (Lipinski definition) is 7. The summed E-state index contributed by atoms with van der Waals surface area (Å²) >= 11 is 2.82. The van der Waals surface area contributed by atoms with Crippen LogP contribution in [-0.4, -0.2) is 34.2 Å². The van der Waals surface area contributed by atoms with Crippen molar-refractivity contribution < 1.29 is 14.3 Å². The summed E-state index contributed by atoms with van der Waals surface area (Å²) in [5.74, 6) is 0.384. The first-order valence-electron chi connectivity index (χ1n) is 11.9. The standard InChI is InChI=1S/C27H26N4O4S2/c1-16(32)28-17-7-9-18(10-8-17)29-23(33)15-36-27-30-25-24(21-5-3-4-6-22(21)37-25)26(34)31(27)19-11-13-20(35-2)14-12-19/h7-14H,3-6,15H2,1-2H3,(H,28,32)(H,29,33). The summed E-state index contributed by atoms with van der Waals surface area (Å²) in [6.07, 6.45) is 4.07. The molecular formula is C27H26N4O4S2. The highest BCUT2D eigenvalue weighted by molar-refractivity contribution is 7.99. The van der Waals surface area contributed by atoms with Crippen LogP contribution in [0.1, 0.15) is 30.2 Å². The van der Waals surface area contributed by atoms with Crippen LogP contribution in [0.3, 0.4) is 0 Å². The van der Waals surface area contributed by atoms with Crippen LogP contribution in [0.5, 0.6) is 5.75 Å². The van der Waals surface area contributed by atoms with Crippen LogP contribution < -0.4 is 20.9 Å². The summed E-state index contributed by atoms with van der Waals surface area (Å²) < 4.78 is 6.88. The molecule has 0 saturated heterocycles. The number of ether oxygens (including phenoxy) is 1. The molecule has 0 unspecified atom stereocenters. The maximum Gasteiger partial charge on any atom is 0.267 e. The first-order valence-corrected chi connectivity index (χ1v) is 13.7. The zero-order valence-corrected chi connectivity index (χ0v) is 22.1. The molecule has 10 heteroatoms. The molecule has 0 fully saturated rings. The number of carbonyl (C=O) groups excluding carboxylic acids is 2. The third-order valence-corrected chi connectivity index (χ3v) is 8.23. The minimum atomic E-state index is -0.224. The van der Waals surface area contributed by atoms with Crippen LogP contribution in [0.15, 0.2) is 58.5 Å². The van der Waals surface area contributed by atoms with E-state index in [0.29, 0.717) is 33.4 Å². The monoisotopic (exact) mass is 534 g/mol. The lowest BCUT2D eigenvalue weighted by Gasteiger charge is -2.14. The number of methoxy groups -OCH3 is 1. The van der Waals surface area contributed by atoms with Crippen LogP contribution in [0, 0.1) is 0 Å². The fourth-order valence-corrected chi connectivity index (χ4v) is 6.52. The molecule has 2 aromatic carbocycles. The number of carbonyl (C=O) groups is 2. The smallest absolute Gasteiger partial charge is 0.267 e. The van der Waals surface area contributed by atoms with Gasteiger partial charge in [0.25, 0.3) is 5.56 Å². The molecule has 0 spiro atoms. The molecule has 8 nitrogen and oxygen atoms in total. The zero-order valence-electron chi connectivity index (χ0n) is 20.5. The normalized spacial score (nSPS) is 12.7. The molecule has 2 amide bonds. The van der Waals surface area contributed by atoms with Gasteiger partial charge in [-0.25, -0.2) is 4.98 Å². The van der Waals surface area contributed by atoms with Gasteiger partial charge < -0.3 is 15.4 Å². The Morgan fingerprint density at radius 1 is 1.03 bits per heavy atom. The van der Waals surface area contributed by atoms with Crippen molar-refractivity contribution in [2.75, 3.05) is 23.5 Å². The highest BCUT2D eigenvalue weighted by Gasteiger charge is 2.23. The number of aromatic nitrogens is 2. The van der Waals surface area contributed by atoms with Crippen molar-refractivity contribution in [2.24, 2.45) is 0 Å². The Kier molecular flexibility index (Phi) is 7.29. The summed E-state index contributed by atoms with van der Waals surface area (Å²) in [6, 6.07) is 14.2. The Labute approximate surface area is 222 Å². The van der Waals surface area contributed by atoms with Gasteiger partial charge in [-0.2, -0.15) is 0 Å². The average Bonchev–Trinajstić information content (AvgIpc) is 3.27. The van der Waals surface area contributed by atoms with Crippen molar-refractivity contribution in [1.29, 1.82) is 0 Å². The lowest BCUT2D eigenvalue weighted by atomic mass is 9.97. The van der Waals surface area contributed by atoms with Crippen molar-refractivity contribution in [3.05, 3.63) is 69.3 Å². The molecule has 2 heterocycles. The maximum atomic E-state index is 13.8. The quantitative estimate of drug-likeness (QED) is 0.255. The highest BCUT2D eigenvalue weighted by atomic mass is 32.2. The van der Waals surface area contributed by atoms with Gasteiger partial charge in [-0.3, -0.25) is 19.0 Å². The van der Waals surface area contributed by atoms with Crippen molar-refractivity contribution >= 4 is 56.5 Å². The van der Waals surface area contributed by atoms with Crippen LogP contribution in [0.2, 0.25) is 0 Å². The summed E-state index contributed by atoms with van der Waals surface area (Å²) in [6.45, 7) is 1.44. The molecule has 2 N–H and O–H groups in total. The second-order valence-corrected chi connectivity index (χ2v) is 10.7. The number of nitrogens with one attached hydrogen (secondary N) is 2. The van der Waals surface area contributed by atoms with Gasteiger partial charge in [0, 0.05) is 23.2 Å². The second kappa shape index (κ2) is 10.8. The van der Waals surface area contributed by atoms with Crippen molar-refractivity contribution in [3.63, 3.8) is 0 Å². The molecule has 0 radical (unpaired) electrons. The summed E-state index contributed by atoms with van der Waals surface area (Å²) in [7, 11) is 1.60. The molecule has 190 valence electrons. The van der Waals surface area contributed by atoms with E-state index in [2.05, 4.69) is 10.6 Å². The zero-order chi connectivity index (χ0) is 25.9. The van der Waals surface area contributed by atoms with Gasteiger partial charge in [0.05, 0.1) is 23.9 Å². The number of fused-ring (bicyclic) bond motifs is 3. The molecule has 0 bridgehead atoms. The first kappa shape index (κ1) is 25.0. The number of anilines is 2. The van der Waals surface area contributed by atoms with Crippen molar-refractivity contribution in [3.8, 4) is 11.4 Å². The van der Waals surface area contributed by atoms with Gasteiger partial charge in [0.15, 0.2) is 5.16 Å². The third kappa shape index (κ3) is 5.40. The third-order valence-electron chi connectivity index (χ3n) is 6.11. The Bertz CT molecular complexity index is 1530. The molecular weight excluding hydrogens is 508 g/mol. The van der Waals surface area contributed by atoms with Gasteiger partial charge in [0.1, 0.15) is 10.6 Å². The van der Waals surface area contributed by atoms with Crippen LogP contribution in [0.25, 0.3) is 15.9 Å². The van der Waals surface area contributed by atoms with E-state index in [9.17, 15) is 14.4 Å². The van der Waals surface area contributed by atoms with E-state index in [4.69, 9.17) is 9.72 Å². The maximum absolute atomic E-state index is 13.8. The Balaban J connectivity index is 1.43. The van der Waals surface area contributed by atoms with Crippen LogP contribution >= 0.6 is 23.1 Å². The van der Waals surface area contributed by atoms with Gasteiger partial charge in [-0.1, -0.05) is 11.8 Å². The van der Waals surface area contributed by atoms with Crippen molar-refractivity contribution in [1.82, 2.24) is 9.55 Å². The van der Waals surface area contributed by atoms with Gasteiger partial charge in [-0.05, 0) is 79.8 Å². The lowest BCUT2D eigenvalue weighted by Crippen LogP contribution is -2.23. The molecule has 2 aromatic heterocycles. The number of hydrogen-bond donors (Lipinski definition) is 2. The fourth-order valence-electron chi connectivity index (χ4n) is 4.41. The Morgan fingerprint density at radius 2 is 1.70 bits per heavy atom. The van der Waals surface area contributed by atoms with Gasteiger partial charge >= 0.3 is 0 Å². The Morgan fingerprint density at radius 3 is 2.38 bits per heavy atom. The molecule has 37 heavy (non-hydrogen) atoms. The fraction of sp³-hybridized carbons (Fsp3) is 0.259. The van der Waals surface area contributed by atoms with E-state index >= 15 is 0 Å². The van der Waals surface area contributed by atoms with E-state index < -0.39 is 0 Å². The van der Waals surface area contributed by atoms with Crippen molar-refractivity contribution in [2.45, 2.75) is 37.8 Å². The first-order chi connectivity index (χ1) is 17.9. The number of benzene rings is 2. The molecule has 4 aromatic rings. The van der Waals surface area contributed by atoms with Crippen LogP contribution in [0.4, 0.5) is 11.4 Å².